The quantitative estimate of drug-likeness (QED) is 0.710. The number of ketones is 1. The van der Waals surface area contributed by atoms with Crippen LogP contribution in [0.4, 0.5) is 4.79 Å². The van der Waals surface area contributed by atoms with Gasteiger partial charge in [-0.2, -0.15) is 0 Å². The lowest BCUT2D eigenvalue weighted by molar-refractivity contribution is -0.145. The number of nitrogens with zero attached hydrogens (tertiary/aromatic N) is 2. The molecule has 1 aromatic carbocycles. The minimum absolute atomic E-state index is 0.0379. The van der Waals surface area contributed by atoms with Crippen molar-refractivity contribution < 1.29 is 28.7 Å². The van der Waals surface area contributed by atoms with Crippen molar-refractivity contribution in [3.63, 3.8) is 0 Å². The number of hydrogen-bond acceptors (Lipinski definition) is 6. The van der Waals surface area contributed by atoms with E-state index in [1.165, 1.54) is 9.80 Å². The van der Waals surface area contributed by atoms with E-state index in [1.807, 2.05) is 6.07 Å². The number of rotatable bonds is 2. The molecule has 148 valence electrons. The summed E-state index contributed by atoms with van der Waals surface area (Å²) in [6.45, 7) is 3.99. The average Bonchev–Trinajstić information content (AvgIpc) is 3.32. The molecule has 0 aliphatic carbocycles. The molecule has 3 heterocycles. The van der Waals surface area contributed by atoms with Crippen LogP contribution in [0.25, 0.3) is 0 Å². The molecule has 0 radical (unpaired) electrons. The van der Waals surface area contributed by atoms with Gasteiger partial charge in [0, 0.05) is 17.5 Å². The van der Waals surface area contributed by atoms with Crippen LogP contribution in [0, 0.1) is 5.41 Å². The Morgan fingerprint density at radius 3 is 2.50 bits per heavy atom. The lowest BCUT2D eigenvalue weighted by Gasteiger charge is -2.27. The van der Waals surface area contributed by atoms with E-state index in [9.17, 15) is 19.2 Å². The minimum Gasteiger partial charge on any atom is -0.462 e. The number of benzene rings is 1. The number of cyclic esters (lactones) is 1. The Balaban J connectivity index is 1.49. The molecule has 3 atom stereocenters. The number of fused-ring (bicyclic) bond motifs is 1. The molecule has 0 N–H and O–H groups in total. The van der Waals surface area contributed by atoms with Gasteiger partial charge in [-0.25, -0.2) is 9.59 Å². The third kappa shape index (κ3) is 2.93. The number of Topliss-reactive ketones (excluding diaryl/α,β-unsaturated/α-hetero) is 1. The smallest absolute Gasteiger partial charge is 0.411 e. The van der Waals surface area contributed by atoms with Gasteiger partial charge in [0.15, 0.2) is 5.78 Å². The lowest BCUT2D eigenvalue weighted by atomic mass is 9.90. The van der Waals surface area contributed by atoms with Gasteiger partial charge in [-0.3, -0.25) is 14.5 Å². The number of ether oxygens (including phenoxy) is 2. The van der Waals surface area contributed by atoms with Gasteiger partial charge in [0.2, 0.25) is 6.10 Å². The second-order valence-electron chi connectivity index (χ2n) is 8.12. The fourth-order valence-corrected chi connectivity index (χ4v) is 4.15. The zero-order valence-corrected chi connectivity index (χ0v) is 15.8. The zero-order valence-electron chi connectivity index (χ0n) is 15.8. The molecule has 0 bridgehead atoms. The SMILES string of the molecule is CC1(C)COC(=O)[C@@H]1OC(=O)N1CC[C@@H]2[C@H]1C(=O)CN2C(=O)c1ccccc1. The molecule has 28 heavy (non-hydrogen) atoms. The molecule has 0 spiro atoms. The Morgan fingerprint density at radius 2 is 1.86 bits per heavy atom. The van der Waals surface area contributed by atoms with E-state index in [-0.39, 0.29) is 30.9 Å². The number of amides is 2. The van der Waals surface area contributed by atoms with Gasteiger partial charge >= 0.3 is 12.1 Å². The summed E-state index contributed by atoms with van der Waals surface area (Å²) in [5.41, 5.74) is -0.117. The maximum absolute atomic E-state index is 12.8. The number of esters is 1. The summed E-state index contributed by atoms with van der Waals surface area (Å²) in [4.78, 5) is 52.9. The van der Waals surface area contributed by atoms with E-state index >= 15 is 0 Å². The summed E-state index contributed by atoms with van der Waals surface area (Å²) in [5, 5.41) is 0. The molecule has 3 fully saturated rings. The molecule has 3 saturated heterocycles. The minimum atomic E-state index is -1.00. The highest BCUT2D eigenvalue weighted by molar-refractivity contribution is 6.02. The van der Waals surface area contributed by atoms with Crippen molar-refractivity contribution in [2.45, 2.75) is 38.5 Å². The Hall–Kier alpha value is -2.90. The fraction of sp³-hybridized carbons (Fsp3) is 0.500. The van der Waals surface area contributed by atoms with Crippen molar-refractivity contribution in [3.8, 4) is 0 Å². The van der Waals surface area contributed by atoms with Crippen molar-refractivity contribution in [3.05, 3.63) is 35.9 Å². The number of likely N-dealkylation sites (tertiary alicyclic amines) is 2. The van der Waals surface area contributed by atoms with Gasteiger partial charge in [0.05, 0.1) is 12.6 Å². The topological polar surface area (TPSA) is 93.2 Å². The van der Waals surface area contributed by atoms with Crippen LogP contribution in [0.1, 0.15) is 30.6 Å². The molecule has 8 heteroatoms. The third-order valence-corrected chi connectivity index (χ3v) is 5.67. The van der Waals surface area contributed by atoms with E-state index < -0.39 is 29.6 Å². The summed E-state index contributed by atoms with van der Waals surface area (Å²) in [7, 11) is 0. The van der Waals surface area contributed by atoms with E-state index in [2.05, 4.69) is 0 Å². The average molecular weight is 386 g/mol. The Bertz CT molecular complexity index is 836. The Kier molecular flexibility index (Phi) is 4.36. The van der Waals surface area contributed by atoms with Crippen LogP contribution in [-0.4, -0.2) is 71.4 Å². The summed E-state index contributed by atoms with van der Waals surface area (Å²) in [6, 6.07) is 7.64. The zero-order chi connectivity index (χ0) is 20.1. The van der Waals surface area contributed by atoms with Crippen LogP contribution in [0.3, 0.4) is 0 Å². The summed E-state index contributed by atoms with van der Waals surface area (Å²) < 4.78 is 10.4. The van der Waals surface area contributed by atoms with Gasteiger partial charge in [0.1, 0.15) is 12.6 Å². The van der Waals surface area contributed by atoms with Crippen LogP contribution in [0.2, 0.25) is 0 Å². The van der Waals surface area contributed by atoms with Crippen molar-refractivity contribution in [2.75, 3.05) is 19.7 Å². The third-order valence-electron chi connectivity index (χ3n) is 5.67. The van der Waals surface area contributed by atoms with Crippen LogP contribution in [0.15, 0.2) is 30.3 Å². The molecule has 3 aliphatic rings. The molecule has 1 aromatic rings. The molecule has 8 nitrogen and oxygen atoms in total. The molecular weight excluding hydrogens is 364 g/mol. The largest absolute Gasteiger partial charge is 0.462 e. The predicted molar refractivity (Wildman–Crippen MR) is 96.4 cm³/mol. The summed E-state index contributed by atoms with van der Waals surface area (Å²) >= 11 is 0. The van der Waals surface area contributed by atoms with E-state index in [0.29, 0.717) is 18.5 Å². The first kappa shape index (κ1) is 18.5. The van der Waals surface area contributed by atoms with Gasteiger partial charge in [-0.05, 0) is 18.6 Å². The lowest BCUT2D eigenvalue weighted by Crippen LogP contribution is -2.46. The second-order valence-corrected chi connectivity index (χ2v) is 8.12. The molecule has 0 saturated carbocycles. The van der Waals surface area contributed by atoms with Crippen molar-refractivity contribution in [1.82, 2.24) is 9.80 Å². The molecule has 0 unspecified atom stereocenters. The standard InChI is InChI=1S/C20H22N2O6/c1-20(2)11-27-18(25)16(20)28-19(26)21-9-8-13-15(21)14(23)10-22(13)17(24)12-6-4-3-5-7-12/h3-7,13,15-16H,8-11H2,1-2H3/t13-,15+,16+/m1/s1. The van der Waals surface area contributed by atoms with Gasteiger partial charge < -0.3 is 14.4 Å². The fourth-order valence-electron chi connectivity index (χ4n) is 4.15. The highest BCUT2D eigenvalue weighted by atomic mass is 16.6. The first-order valence-electron chi connectivity index (χ1n) is 9.32. The Morgan fingerprint density at radius 1 is 1.14 bits per heavy atom. The second kappa shape index (κ2) is 6.61. The maximum Gasteiger partial charge on any atom is 0.411 e. The molecule has 4 rings (SSSR count). The van der Waals surface area contributed by atoms with Crippen LogP contribution < -0.4 is 0 Å². The number of carbonyl (C=O) groups excluding carboxylic acids is 4. The Labute approximate surface area is 162 Å². The summed E-state index contributed by atoms with van der Waals surface area (Å²) in [6.07, 6.45) is -1.23. The molecular formula is C20H22N2O6. The van der Waals surface area contributed by atoms with Crippen LogP contribution >= 0.6 is 0 Å². The van der Waals surface area contributed by atoms with Crippen molar-refractivity contribution in [1.29, 1.82) is 0 Å². The first-order valence-corrected chi connectivity index (χ1v) is 9.32. The normalized spacial score (nSPS) is 28.3. The number of carbonyl (C=O) groups is 4. The van der Waals surface area contributed by atoms with Crippen molar-refractivity contribution >= 4 is 23.8 Å². The summed E-state index contributed by atoms with van der Waals surface area (Å²) in [5.74, 6) is -0.998. The maximum atomic E-state index is 12.8. The van der Waals surface area contributed by atoms with E-state index in [1.54, 1.807) is 38.1 Å². The monoisotopic (exact) mass is 386 g/mol. The van der Waals surface area contributed by atoms with Crippen LogP contribution in [0.5, 0.6) is 0 Å². The number of hydrogen-bond donors (Lipinski definition) is 0. The first-order chi connectivity index (χ1) is 13.3. The van der Waals surface area contributed by atoms with Gasteiger partial charge in [-0.1, -0.05) is 32.0 Å². The van der Waals surface area contributed by atoms with Crippen molar-refractivity contribution in [2.24, 2.45) is 5.41 Å². The molecule has 0 aromatic heterocycles. The predicted octanol–water partition coefficient (Wildman–Crippen LogP) is 1.24. The van der Waals surface area contributed by atoms with E-state index in [0.717, 1.165) is 0 Å². The van der Waals surface area contributed by atoms with Crippen LogP contribution in [-0.2, 0) is 19.1 Å². The highest BCUT2D eigenvalue weighted by Crippen LogP contribution is 2.34. The van der Waals surface area contributed by atoms with Gasteiger partial charge in [0.25, 0.3) is 5.91 Å². The van der Waals surface area contributed by atoms with E-state index in [4.69, 9.17) is 9.47 Å². The van der Waals surface area contributed by atoms with Gasteiger partial charge in [-0.15, -0.1) is 0 Å². The highest BCUT2D eigenvalue weighted by Gasteiger charge is 2.54. The molecule has 2 amide bonds. The molecule has 3 aliphatic heterocycles.